The zero-order chi connectivity index (χ0) is 20.4. The van der Waals surface area contributed by atoms with Crippen molar-refractivity contribution in [1.29, 1.82) is 0 Å². The summed E-state index contributed by atoms with van der Waals surface area (Å²) in [6.45, 7) is 3.28. The van der Waals surface area contributed by atoms with Gasteiger partial charge in [0.15, 0.2) is 0 Å². The predicted molar refractivity (Wildman–Crippen MR) is 104 cm³/mol. The second-order valence-corrected chi connectivity index (χ2v) is 7.58. The molecule has 0 amide bonds. The first-order chi connectivity index (χ1) is 13.4. The monoisotopic (exact) mass is 410 g/mol. The molecule has 0 spiro atoms. The van der Waals surface area contributed by atoms with Gasteiger partial charge in [0.2, 0.25) is 5.95 Å². The van der Waals surface area contributed by atoms with Gasteiger partial charge in [-0.05, 0) is 24.1 Å². The van der Waals surface area contributed by atoms with Crippen LogP contribution in [-0.2, 0) is 27.7 Å². The summed E-state index contributed by atoms with van der Waals surface area (Å²) in [6.07, 6.45) is 3.13. The molecule has 10 heteroatoms. The summed E-state index contributed by atoms with van der Waals surface area (Å²) in [5.74, 6) is 1.72. The van der Waals surface area contributed by atoms with Crippen molar-refractivity contribution in [3.63, 3.8) is 0 Å². The van der Waals surface area contributed by atoms with Crippen LogP contribution in [0.15, 0.2) is 29.2 Å². The third-order valence-electron chi connectivity index (χ3n) is 3.83. The minimum absolute atomic E-state index is 0.0204. The summed E-state index contributed by atoms with van der Waals surface area (Å²) < 4.78 is 36.6. The minimum Gasteiger partial charge on any atom is -0.394 e. The lowest BCUT2D eigenvalue weighted by Crippen LogP contribution is -2.15. The Morgan fingerprint density at radius 3 is 2.43 bits per heavy atom. The van der Waals surface area contributed by atoms with Gasteiger partial charge in [0.05, 0.1) is 24.7 Å². The molecule has 2 rings (SSSR count). The number of hydrogen-bond donors (Lipinski definition) is 3. The SMILES string of the molecule is CCCCc1nc(Cc2ccc(S(=O)(=O)O)cc2)nc(NCCOCCO)n1. The van der Waals surface area contributed by atoms with E-state index in [0.717, 1.165) is 24.8 Å². The van der Waals surface area contributed by atoms with Crippen LogP contribution in [0.3, 0.4) is 0 Å². The Morgan fingerprint density at radius 2 is 1.79 bits per heavy atom. The highest BCUT2D eigenvalue weighted by Gasteiger charge is 2.11. The lowest BCUT2D eigenvalue weighted by atomic mass is 10.1. The number of aryl methyl sites for hydroxylation is 1. The van der Waals surface area contributed by atoms with Crippen LogP contribution < -0.4 is 5.32 Å². The normalized spacial score (nSPS) is 11.5. The molecule has 1 aromatic carbocycles. The van der Waals surface area contributed by atoms with Crippen molar-refractivity contribution < 1.29 is 22.8 Å². The summed E-state index contributed by atoms with van der Waals surface area (Å²) in [7, 11) is -4.21. The van der Waals surface area contributed by atoms with Gasteiger partial charge in [-0.1, -0.05) is 25.5 Å². The summed E-state index contributed by atoms with van der Waals surface area (Å²) in [4.78, 5) is 13.2. The van der Waals surface area contributed by atoms with E-state index in [0.29, 0.717) is 37.2 Å². The quantitative estimate of drug-likeness (QED) is 0.351. The molecule has 0 radical (unpaired) electrons. The molecule has 0 saturated carbocycles. The molecule has 0 aliphatic heterocycles. The van der Waals surface area contributed by atoms with Crippen LogP contribution in [0.4, 0.5) is 5.95 Å². The first-order valence-electron chi connectivity index (χ1n) is 9.15. The number of aliphatic hydroxyl groups is 1. The highest BCUT2D eigenvalue weighted by Crippen LogP contribution is 2.13. The summed E-state index contributed by atoms with van der Waals surface area (Å²) in [5, 5.41) is 11.8. The van der Waals surface area contributed by atoms with Gasteiger partial charge in [-0.3, -0.25) is 4.55 Å². The summed E-state index contributed by atoms with van der Waals surface area (Å²) in [5.41, 5.74) is 0.817. The maximum atomic E-state index is 11.1. The van der Waals surface area contributed by atoms with E-state index in [1.165, 1.54) is 12.1 Å². The minimum atomic E-state index is -4.21. The molecule has 1 aromatic heterocycles. The van der Waals surface area contributed by atoms with Crippen molar-refractivity contribution >= 4 is 16.1 Å². The molecule has 0 unspecified atom stereocenters. The Morgan fingerprint density at radius 1 is 1.07 bits per heavy atom. The van der Waals surface area contributed by atoms with Gasteiger partial charge in [-0.25, -0.2) is 4.98 Å². The molecule has 154 valence electrons. The van der Waals surface area contributed by atoms with Gasteiger partial charge in [0.25, 0.3) is 10.1 Å². The predicted octanol–water partition coefficient (Wildman–Crippen LogP) is 1.47. The number of nitrogens with zero attached hydrogens (tertiary/aromatic N) is 3. The van der Waals surface area contributed by atoms with Gasteiger partial charge in [-0.2, -0.15) is 18.4 Å². The van der Waals surface area contributed by atoms with E-state index < -0.39 is 10.1 Å². The number of nitrogens with one attached hydrogen (secondary N) is 1. The zero-order valence-corrected chi connectivity index (χ0v) is 16.7. The molecule has 28 heavy (non-hydrogen) atoms. The molecule has 2 aromatic rings. The fraction of sp³-hybridized carbons (Fsp3) is 0.500. The molecule has 1 heterocycles. The Balaban J connectivity index is 2.11. The molecule has 3 N–H and O–H groups in total. The number of rotatable bonds is 12. The highest BCUT2D eigenvalue weighted by atomic mass is 32.2. The standard InChI is InChI=1S/C18H26N4O5S/c1-2-3-4-16-20-17(22-18(21-16)19-9-11-27-12-10-23)13-14-5-7-15(8-6-14)28(24,25)26/h5-8,23H,2-4,9-13H2,1H3,(H,24,25,26)(H,19,20,21,22). The zero-order valence-electron chi connectivity index (χ0n) is 15.8. The summed E-state index contributed by atoms with van der Waals surface area (Å²) >= 11 is 0. The number of anilines is 1. The van der Waals surface area contributed by atoms with Gasteiger partial charge >= 0.3 is 0 Å². The Labute approximate surface area is 165 Å². The van der Waals surface area contributed by atoms with Gasteiger partial charge in [0.1, 0.15) is 11.6 Å². The van der Waals surface area contributed by atoms with E-state index >= 15 is 0 Å². The van der Waals surface area contributed by atoms with E-state index in [-0.39, 0.29) is 18.1 Å². The first kappa shape index (κ1) is 22.2. The van der Waals surface area contributed by atoms with E-state index in [1.54, 1.807) is 12.1 Å². The van der Waals surface area contributed by atoms with Crippen molar-refractivity contribution in [2.75, 3.05) is 31.7 Å². The molecular formula is C18H26N4O5S. The number of aliphatic hydroxyl groups excluding tert-OH is 1. The fourth-order valence-corrected chi connectivity index (χ4v) is 2.92. The maximum absolute atomic E-state index is 11.1. The van der Waals surface area contributed by atoms with Gasteiger partial charge in [0, 0.05) is 19.4 Å². The van der Waals surface area contributed by atoms with E-state index in [4.69, 9.17) is 14.4 Å². The number of ether oxygens (including phenoxy) is 1. The Kier molecular flexibility index (Phi) is 8.71. The van der Waals surface area contributed by atoms with Crippen molar-refractivity contribution in [2.45, 2.75) is 37.5 Å². The van der Waals surface area contributed by atoms with Crippen LogP contribution in [0, 0.1) is 0 Å². The second-order valence-electron chi connectivity index (χ2n) is 6.15. The molecule has 0 aliphatic rings. The van der Waals surface area contributed by atoms with Crippen molar-refractivity contribution in [3.8, 4) is 0 Å². The van der Waals surface area contributed by atoms with E-state index in [9.17, 15) is 8.42 Å². The van der Waals surface area contributed by atoms with Crippen LogP contribution in [0.2, 0.25) is 0 Å². The van der Waals surface area contributed by atoms with E-state index in [1.807, 2.05) is 0 Å². The Hall–Kier alpha value is -2.14. The number of unbranched alkanes of at least 4 members (excludes halogenated alkanes) is 1. The molecule has 0 aliphatic carbocycles. The average molecular weight is 410 g/mol. The molecular weight excluding hydrogens is 384 g/mol. The van der Waals surface area contributed by atoms with Crippen molar-refractivity contribution in [1.82, 2.24) is 15.0 Å². The topological polar surface area (TPSA) is 135 Å². The smallest absolute Gasteiger partial charge is 0.294 e. The van der Waals surface area contributed by atoms with Gasteiger partial charge in [-0.15, -0.1) is 0 Å². The Bertz CT molecular complexity index is 844. The summed E-state index contributed by atoms with van der Waals surface area (Å²) in [6, 6.07) is 5.94. The molecule has 9 nitrogen and oxygen atoms in total. The number of benzene rings is 1. The largest absolute Gasteiger partial charge is 0.394 e. The van der Waals surface area contributed by atoms with Crippen molar-refractivity contribution in [3.05, 3.63) is 41.5 Å². The number of hydrogen-bond acceptors (Lipinski definition) is 8. The van der Waals surface area contributed by atoms with Crippen molar-refractivity contribution in [2.24, 2.45) is 0 Å². The fourth-order valence-electron chi connectivity index (χ4n) is 2.44. The highest BCUT2D eigenvalue weighted by molar-refractivity contribution is 7.85. The third kappa shape index (κ3) is 7.47. The molecule has 0 saturated heterocycles. The van der Waals surface area contributed by atoms with Crippen LogP contribution in [0.25, 0.3) is 0 Å². The van der Waals surface area contributed by atoms with Crippen LogP contribution in [0.5, 0.6) is 0 Å². The van der Waals surface area contributed by atoms with Crippen LogP contribution in [-0.4, -0.2) is 59.4 Å². The number of aromatic nitrogens is 3. The third-order valence-corrected chi connectivity index (χ3v) is 4.70. The lowest BCUT2D eigenvalue weighted by molar-refractivity contribution is 0.0991. The van der Waals surface area contributed by atoms with E-state index in [2.05, 4.69) is 27.2 Å². The second kappa shape index (κ2) is 11.0. The molecule has 0 atom stereocenters. The maximum Gasteiger partial charge on any atom is 0.294 e. The first-order valence-corrected chi connectivity index (χ1v) is 10.6. The van der Waals surface area contributed by atoms with Crippen LogP contribution >= 0.6 is 0 Å². The van der Waals surface area contributed by atoms with Gasteiger partial charge < -0.3 is 15.2 Å². The van der Waals surface area contributed by atoms with Crippen LogP contribution in [0.1, 0.15) is 37.0 Å². The lowest BCUT2D eigenvalue weighted by Gasteiger charge is -2.09. The molecule has 0 bridgehead atoms. The molecule has 0 fully saturated rings. The average Bonchev–Trinajstić information content (AvgIpc) is 2.66.